The summed E-state index contributed by atoms with van der Waals surface area (Å²) in [7, 11) is 1.97. The average molecular weight is 195 g/mol. The molecule has 0 saturated heterocycles. The number of aromatic nitrogens is 1. The van der Waals surface area contributed by atoms with Gasteiger partial charge in [0.25, 0.3) is 0 Å². The van der Waals surface area contributed by atoms with Crippen molar-refractivity contribution in [1.82, 2.24) is 4.98 Å². The van der Waals surface area contributed by atoms with Crippen molar-refractivity contribution in [3.8, 4) is 6.07 Å². The molecule has 0 aliphatic carbocycles. The van der Waals surface area contributed by atoms with E-state index in [2.05, 4.69) is 18.0 Å². The summed E-state index contributed by atoms with van der Waals surface area (Å²) in [5.74, 6) is 0. The van der Waals surface area contributed by atoms with Crippen molar-refractivity contribution in [2.24, 2.45) is 0 Å². The Morgan fingerprint density at radius 2 is 2.23 bits per heavy atom. The quantitative estimate of drug-likeness (QED) is 0.741. The molecule has 1 aromatic heterocycles. The molecule has 70 valence electrons. The van der Waals surface area contributed by atoms with Gasteiger partial charge in [0.05, 0.1) is 18.2 Å². The molecule has 3 nitrogen and oxygen atoms in total. The van der Waals surface area contributed by atoms with Gasteiger partial charge in [-0.2, -0.15) is 5.26 Å². The molecule has 0 aliphatic rings. The van der Waals surface area contributed by atoms with Crippen LogP contribution in [-0.4, -0.2) is 18.6 Å². The van der Waals surface area contributed by atoms with Crippen LogP contribution < -0.4 is 4.90 Å². The molecule has 1 heterocycles. The molecule has 0 atom stereocenters. The minimum Gasteiger partial charge on any atom is -0.350 e. The van der Waals surface area contributed by atoms with Gasteiger partial charge in [-0.3, -0.25) is 0 Å². The maximum atomic E-state index is 8.43. The Balaban J connectivity index is 2.67. The van der Waals surface area contributed by atoms with E-state index in [0.717, 1.165) is 17.4 Å². The lowest BCUT2D eigenvalue weighted by molar-refractivity contribution is 0.895. The second-order valence-electron chi connectivity index (χ2n) is 2.97. The third-order valence-corrected chi connectivity index (χ3v) is 3.09. The van der Waals surface area contributed by atoms with E-state index in [1.165, 1.54) is 4.88 Å². The standard InChI is InChI=1S/C9H13N3S/c1-7-8(2)13-9(11-7)12(3)6-4-5-10/h4,6H2,1-3H3. The van der Waals surface area contributed by atoms with Crippen molar-refractivity contribution in [3.63, 3.8) is 0 Å². The van der Waals surface area contributed by atoms with Crippen LogP contribution in [0, 0.1) is 25.2 Å². The van der Waals surface area contributed by atoms with Crippen LogP contribution in [0.25, 0.3) is 0 Å². The minimum absolute atomic E-state index is 0.550. The molecular weight excluding hydrogens is 182 g/mol. The largest absolute Gasteiger partial charge is 0.350 e. The number of nitriles is 1. The second-order valence-corrected chi connectivity index (χ2v) is 4.15. The van der Waals surface area contributed by atoms with Gasteiger partial charge in [0, 0.05) is 18.5 Å². The topological polar surface area (TPSA) is 39.9 Å². The summed E-state index contributed by atoms with van der Waals surface area (Å²) in [6, 6.07) is 2.12. The highest BCUT2D eigenvalue weighted by Crippen LogP contribution is 2.23. The first-order valence-corrected chi connectivity index (χ1v) is 4.99. The lowest BCUT2D eigenvalue weighted by Crippen LogP contribution is -2.17. The van der Waals surface area contributed by atoms with Crippen LogP contribution in [0.3, 0.4) is 0 Å². The Morgan fingerprint density at radius 1 is 1.54 bits per heavy atom. The van der Waals surface area contributed by atoms with E-state index in [1.54, 1.807) is 11.3 Å². The van der Waals surface area contributed by atoms with Crippen molar-refractivity contribution >= 4 is 16.5 Å². The maximum absolute atomic E-state index is 8.43. The van der Waals surface area contributed by atoms with Crippen LogP contribution in [-0.2, 0) is 0 Å². The molecule has 0 saturated carbocycles. The Labute approximate surface area is 82.6 Å². The van der Waals surface area contributed by atoms with E-state index >= 15 is 0 Å². The molecule has 0 radical (unpaired) electrons. The van der Waals surface area contributed by atoms with E-state index in [1.807, 2.05) is 18.9 Å². The van der Waals surface area contributed by atoms with Crippen molar-refractivity contribution < 1.29 is 0 Å². The van der Waals surface area contributed by atoms with Crippen molar-refractivity contribution in [3.05, 3.63) is 10.6 Å². The lowest BCUT2D eigenvalue weighted by atomic mass is 10.4. The summed E-state index contributed by atoms with van der Waals surface area (Å²) in [5, 5.41) is 9.43. The second kappa shape index (κ2) is 4.24. The number of hydrogen-bond donors (Lipinski definition) is 0. The summed E-state index contributed by atoms with van der Waals surface area (Å²) in [5.41, 5.74) is 1.09. The predicted molar refractivity (Wildman–Crippen MR) is 55.1 cm³/mol. The zero-order chi connectivity index (χ0) is 9.84. The third kappa shape index (κ3) is 2.43. The fraction of sp³-hybridized carbons (Fsp3) is 0.556. The van der Waals surface area contributed by atoms with Crippen LogP contribution in [0.2, 0.25) is 0 Å². The average Bonchev–Trinajstić information content (AvgIpc) is 2.43. The first kappa shape index (κ1) is 10.0. The molecule has 4 heteroatoms. The molecule has 0 amide bonds. The van der Waals surface area contributed by atoms with Crippen molar-refractivity contribution in [1.29, 1.82) is 5.26 Å². The summed E-state index contributed by atoms with van der Waals surface area (Å²) in [6.45, 7) is 4.82. The van der Waals surface area contributed by atoms with Gasteiger partial charge < -0.3 is 4.90 Å². The summed E-state index contributed by atoms with van der Waals surface area (Å²) in [6.07, 6.45) is 0.550. The Kier molecular flexibility index (Phi) is 3.26. The summed E-state index contributed by atoms with van der Waals surface area (Å²) in [4.78, 5) is 7.67. The predicted octanol–water partition coefficient (Wildman–Crippen LogP) is 2.11. The number of rotatable bonds is 3. The van der Waals surface area contributed by atoms with Crippen LogP contribution in [0.5, 0.6) is 0 Å². The normalized spacial score (nSPS) is 9.69. The van der Waals surface area contributed by atoms with Gasteiger partial charge in [0.1, 0.15) is 0 Å². The van der Waals surface area contributed by atoms with E-state index in [-0.39, 0.29) is 0 Å². The van der Waals surface area contributed by atoms with Gasteiger partial charge in [-0.15, -0.1) is 11.3 Å². The monoisotopic (exact) mass is 195 g/mol. The molecule has 0 spiro atoms. The highest BCUT2D eigenvalue weighted by Gasteiger charge is 2.07. The summed E-state index contributed by atoms with van der Waals surface area (Å²) < 4.78 is 0. The fourth-order valence-corrected chi connectivity index (χ4v) is 1.83. The SMILES string of the molecule is Cc1nc(N(C)CCC#N)sc1C. The molecule has 1 rings (SSSR count). The molecule has 0 fully saturated rings. The Bertz CT molecular complexity index is 305. The number of thiazole rings is 1. The van der Waals surface area contributed by atoms with Gasteiger partial charge >= 0.3 is 0 Å². The molecule has 13 heavy (non-hydrogen) atoms. The number of aryl methyl sites for hydroxylation is 2. The first-order valence-electron chi connectivity index (χ1n) is 4.17. The lowest BCUT2D eigenvalue weighted by Gasteiger charge is -2.12. The van der Waals surface area contributed by atoms with Crippen LogP contribution in [0.15, 0.2) is 0 Å². The van der Waals surface area contributed by atoms with Gasteiger partial charge in [-0.1, -0.05) is 0 Å². The van der Waals surface area contributed by atoms with E-state index in [9.17, 15) is 0 Å². The van der Waals surface area contributed by atoms with Gasteiger partial charge in [-0.25, -0.2) is 4.98 Å². The molecule has 0 aromatic carbocycles. The molecular formula is C9H13N3S. The van der Waals surface area contributed by atoms with E-state index in [4.69, 9.17) is 5.26 Å². The van der Waals surface area contributed by atoms with Gasteiger partial charge in [0.15, 0.2) is 5.13 Å². The molecule has 0 bridgehead atoms. The number of nitrogens with zero attached hydrogens (tertiary/aromatic N) is 3. The first-order chi connectivity index (χ1) is 6.15. The maximum Gasteiger partial charge on any atom is 0.185 e. The Hall–Kier alpha value is -1.08. The van der Waals surface area contributed by atoms with Crippen LogP contribution in [0.1, 0.15) is 17.0 Å². The molecule has 0 N–H and O–H groups in total. The number of anilines is 1. The molecule has 1 aromatic rings. The zero-order valence-corrected chi connectivity index (χ0v) is 8.98. The molecule has 0 unspecified atom stereocenters. The zero-order valence-electron chi connectivity index (χ0n) is 8.16. The fourth-order valence-electron chi connectivity index (χ4n) is 0.932. The van der Waals surface area contributed by atoms with Crippen molar-refractivity contribution in [2.45, 2.75) is 20.3 Å². The van der Waals surface area contributed by atoms with E-state index < -0.39 is 0 Å². The minimum atomic E-state index is 0.550. The molecule has 0 aliphatic heterocycles. The van der Waals surface area contributed by atoms with E-state index in [0.29, 0.717) is 6.42 Å². The highest BCUT2D eigenvalue weighted by atomic mass is 32.1. The Morgan fingerprint density at radius 3 is 2.69 bits per heavy atom. The smallest absolute Gasteiger partial charge is 0.185 e. The van der Waals surface area contributed by atoms with Gasteiger partial charge in [0.2, 0.25) is 0 Å². The van der Waals surface area contributed by atoms with Gasteiger partial charge in [-0.05, 0) is 13.8 Å². The number of hydrogen-bond acceptors (Lipinski definition) is 4. The highest BCUT2D eigenvalue weighted by molar-refractivity contribution is 7.15. The van der Waals surface area contributed by atoms with Crippen molar-refractivity contribution in [2.75, 3.05) is 18.5 Å². The van der Waals surface area contributed by atoms with Crippen LogP contribution in [0.4, 0.5) is 5.13 Å². The summed E-state index contributed by atoms with van der Waals surface area (Å²) >= 11 is 1.68. The third-order valence-electron chi connectivity index (χ3n) is 1.90. The van der Waals surface area contributed by atoms with Crippen LogP contribution >= 0.6 is 11.3 Å².